The summed E-state index contributed by atoms with van der Waals surface area (Å²) in [5.74, 6) is -1.21. The average molecular weight is 377 g/mol. The standard InChI is InChI=1S/C15H22F3N5O3/c1-21-12(15(16,17)18)20-23(14(21)25)11-2-6-22(7-3-11)13(24)19-10-4-8-26-9-5-10/h10-11H,2-9H2,1H3,(H,19,24). The number of piperidine rings is 1. The van der Waals surface area contributed by atoms with E-state index in [9.17, 15) is 22.8 Å². The Bertz CT molecular complexity index is 700. The van der Waals surface area contributed by atoms with Crippen LogP contribution in [0.3, 0.4) is 0 Å². The SMILES string of the molecule is Cn1c(C(F)(F)F)nn(C2CCN(C(=O)NC3CCOCC3)CC2)c1=O. The molecule has 3 rings (SSSR count). The Balaban J connectivity index is 1.60. The van der Waals surface area contributed by atoms with E-state index in [-0.39, 0.29) is 12.1 Å². The highest BCUT2D eigenvalue weighted by Gasteiger charge is 2.39. The van der Waals surface area contributed by atoms with Crippen LogP contribution in [0.4, 0.5) is 18.0 Å². The molecule has 0 aliphatic carbocycles. The average Bonchev–Trinajstić information content (AvgIpc) is 2.91. The molecule has 1 aromatic heterocycles. The second kappa shape index (κ2) is 7.29. The number of hydrogen-bond acceptors (Lipinski definition) is 4. The third kappa shape index (κ3) is 3.87. The topological polar surface area (TPSA) is 81.4 Å². The quantitative estimate of drug-likeness (QED) is 0.838. The van der Waals surface area contributed by atoms with Crippen molar-refractivity contribution in [3.63, 3.8) is 0 Å². The molecule has 0 unspecified atom stereocenters. The smallest absolute Gasteiger partial charge is 0.381 e. The number of nitrogens with zero attached hydrogens (tertiary/aromatic N) is 4. The van der Waals surface area contributed by atoms with E-state index in [1.54, 1.807) is 4.90 Å². The van der Waals surface area contributed by atoms with Crippen molar-refractivity contribution in [1.82, 2.24) is 24.6 Å². The van der Waals surface area contributed by atoms with Crippen molar-refractivity contribution in [1.29, 1.82) is 0 Å². The second-order valence-electron chi connectivity index (χ2n) is 6.66. The zero-order valence-electron chi connectivity index (χ0n) is 14.5. The number of urea groups is 1. The first-order valence-electron chi connectivity index (χ1n) is 8.63. The number of ether oxygens (including phenoxy) is 1. The van der Waals surface area contributed by atoms with Crippen molar-refractivity contribution in [2.24, 2.45) is 7.05 Å². The number of aromatic nitrogens is 3. The van der Waals surface area contributed by atoms with Gasteiger partial charge in [0, 0.05) is 39.4 Å². The molecule has 0 spiro atoms. The number of amides is 2. The van der Waals surface area contributed by atoms with E-state index in [1.165, 1.54) is 0 Å². The number of rotatable bonds is 2. The third-order valence-electron chi connectivity index (χ3n) is 4.90. The summed E-state index contributed by atoms with van der Waals surface area (Å²) in [6.07, 6.45) is -2.37. The van der Waals surface area contributed by atoms with Crippen LogP contribution in [0.25, 0.3) is 0 Å². The molecule has 0 bridgehead atoms. The van der Waals surface area contributed by atoms with E-state index in [4.69, 9.17) is 4.74 Å². The Morgan fingerprint density at radius 3 is 2.35 bits per heavy atom. The highest BCUT2D eigenvalue weighted by atomic mass is 19.4. The molecule has 8 nitrogen and oxygen atoms in total. The van der Waals surface area contributed by atoms with Crippen LogP contribution in [0, 0.1) is 0 Å². The molecule has 0 saturated carbocycles. The van der Waals surface area contributed by atoms with Crippen molar-refractivity contribution in [2.45, 2.75) is 43.9 Å². The number of carbonyl (C=O) groups is 1. The largest absolute Gasteiger partial charge is 0.451 e. The van der Waals surface area contributed by atoms with Gasteiger partial charge in [0.2, 0.25) is 5.82 Å². The minimum Gasteiger partial charge on any atom is -0.381 e. The maximum atomic E-state index is 12.9. The molecule has 3 heterocycles. The zero-order chi connectivity index (χ0) is 18.9. The molecule has 2 amide bonds. The van der Waals surface area contributed by atoms with Crippen LogP contribution in [0.1, 0.15) is 37.5 Å². The molecule has 0 aromatic carbocycles. The Morgan fingerprint density at radius 1 is 1.19 bits per heavy atom. The van der Waals surface area contributed by atoms with E-state index in [2.05, 4.69) is 10.4 Å². The predicted molar refractivity (Wildman–Crippen MR) is 84.7 cm³/mol. The molecule has 2 aliphatic heterocycles. The molecule has 1 aromatic rings. The summed E-state index contributed by atoms with van der Waals surface area (Å²) in [7, 11) is 1.06. The molecular formula is C15H22F3N5O3. The van der Waals surface area contributed by atoms with Crippen LogP contribution in [0.2, 0.25) is 0 Å². The number of carbonyl (C=O) groups excluding carboxylic acids is 1. The summed E-state index contributed by atoms with van der Waals surface area (Å²) in [5, 5.41) is 6.43. The van der Waals surface area contributed by atoms with E-state index < -0.39 is 23.7 Å². The third-order valence-corrected chi connectivity index (χ3v) is 4.90. The molecule has 146 valence electrons. The Kier molecular flexibility index (Phi) is 5.26. The number of hydrogen-bond donors (Lipinski definition) is 1. The van der Waals surface area contributed by atoms with Crippen LogP contribution in [-0.2, 0) is 18.0 Å². The Labute approximate surface area is 147 Å². The molecular weight excluding hydrogens is 355 g/mol. The highest BCUT2D eigenvalue weighted by Crippen LogP contribution is 2.28. The summed E-state index contributed by atoms with van der Waals surface area (Å²) in [4.78, 5) is 26.0. The first kappa shape index (κ1) is 18.7. The van der Waals surface area contributed by atoms with E-state index in [0.717, 1.165) is 24.6 Å². The first-order chi connectivity index (χ1) is 12.3. The lowest BCUT2D eigenvalue weighted by Gasteiger charge is -2.33. The van der Waals surface area contributed by atoms with Gasteiger partial charge in [-0.2, -0.15) is 13.2 Å². The van der Waals surface area contributed by atoms with Gasteiger partial charge in [0.25, 0.3) is 0 Å². The van der Waals surface area contributed by atoms with Gasteiger partial charge < -0.3 is 15.0 Å². The maximum Gasteiger partial charge on any atom is 0.451 e. The van der Waals surface area contributed by atoms with Crippen molar-refractivity contribution in [3.8, 4) is 0 Å². The fourth-order valence-electron chi connectivity index (χ4n) is 3.36. The summed E-state index contributed by atoms with van der Waals surface area (Å²) in [6, 6.07) is -0.543. The number of alkyl halides is 3. The lowest BCUT2D eigenvalue weighted by molar-refractivity contribution is -0.147. The van der Waals surface area contributed by atoms with Crippen molar-refractivity contribution in [2.75, 3.05) is 26.3 Å². The Hall–Kier alpha value is -2.04. The molecule has 2 aliphatic rings. The molecule has 26 heavy (non-hydrogen) atoms. The zero-order valence-corrected chi connectivity index (χ0v) is 14.5. The van der Waals surface area contributed by atoms with Crippen LogP contribution in [-0.4, -0.2) is 57.6 Å². The van der Waals surface area contributed by atoms with E-state index in [1.807, 2.05) is 0 Å². The van der Waals surface area contributed by atoms with Crippen molar-refractivity contribution >= 4 is 6.03 Å². The van der Waals surface area contributed by atoms with Crippen molar-refractivity contribution in [3.05, 3.63) is 16.3 Å². The van der Waals surface area contributed by atoms with Gasteiger partial charge in [0.05, 0.1) is 6.04 Å². The summed E-state index contributed by atoms with van der Waals surface area (Å²) < 4.78 is 45.4. The van der Waals surface area contributed by atoms with Gasteiger partial charge in [0.15, 0.2) is 0 Å². The van der Waals surface area contributed by atoms with E-state index in [0.29, 0.717) is 43.7 Å². The van der Waals surface area contributed by atoms with Crippen LogP contribution >= 0.6 is 0 Å². The Morgan fingerprint density at radius 2 is 1.81 bits per heavy atom. The lowest BCUT2D eigenvalue weighted by Crippen LogP contribution is -2.49. The number of halogens is 3. The van der Waals surface area contributed by atoms with Gasteiger partial charge >= 0.3 is 17.9 Å². The minimum absolute atomic E-state index is 0.0849. The van der Waals surface area contributed by atoms with Crippen LogP contribution in [0.15, 0.2) is 4.79 Å². The monoisotopic (exact) mass is 377 g/mol. The normalized spacial score (nSPS) is 20.4. The van der Waals surface area contributed by atoms with Crippen molar-refractivity contribution < 1.29 is 22.7 Å². The number of likely N-dealkylation sites (tertiary alicyclic amines) is 1. The highest BCUT2D eigenvalue weighted by molar-refractivity contribution is 5.74. The van der Waals surface area contributed by atoms with Crippen LogP contribution < -0.4 is 11.0 Å². The molecule has 11 heteroatoms. The molecule has 0 radical (unpaired) electrons. The lowest BCUT2D eigenvalue weighted by atomic mass is 10.1. The fraction of sp³-hybridized carbons (Fsp3) is 0.800. The predicted octanol–water partition coefficient (Wildman–Crippen LogP) is 1.13. The molecule has 1 N–H and O–H groups in total. The summed E-state index contributed by atoms with van der Waals surface area (Å²) >= 11 is 0. The van der Waals surface area contributed by atoms with Gasteiger partial charge in [-0.25, -0.2) is 14.3 Å². The minimum atomic E-state index is -4.68. The number of nitrogens with one attached hydrogen (secondary N) is 1. The molecule has 0 atom stereocenters. The molecule has 2 fully saturated rings. The van der Waals surface area contributed by atoms with Gasteiger partial charge in [-0.1, -0.05) is 0 Å². The van der Waals surface area contributed by atoms with Gasteiger partial charge in [-0.05, 0) is 25.7 Å². The summed E-state index contributed by atoms with van der Waals surface area (Å²) in [5.41, 5.74) is -0.789. The molecule has 2 saturated heterocycles. The van der Waals surface area contributed by atoms with Gasteiger partial charge in [-0.3, -0.25) is 4.57 Å². The van der Waals surface area contributed by atoms with E-state index >= 15 is 0 Å². The first-order valence-corrected chi connectivity index (χ1v) is 8.63. The second-order valence-corrected chi connectivity index (χ2v) is 6.66. The maximum absolute atomic E-state index is 12.9. The summed E-state index contributed by atoms with van der Waals surface area (Å²) in [6.45, 7) is 1.97. The van der Waals surface area contributed by atoms with Crippen LogP contribution in [0.5, 0.6) is 0 Å². The fourth-order valence-corrected chi connectivity index (χ4v) is 3.36. The van der Waals surface area contributed by atoms with Gasteiger partial charge in [-0.15, -0.1) is 5.10 Å². The van der Waals surface area contributed by atoms with Gasteiger partial charge in [0.1, 0.15) is 0 Å².